The maximum Gasteiger partial charge on any atom is 0.169 e. The second-order valence-corrected chi connectivity index (χ2v) is 6.67. The highest BCUT2D eigenvalue weighted by molar-refractivity contribution is 6.34. The normalized spacial score (nSPS) is 22.0. The molecule has 1 aliphatic rings. The Balaban J connectivity index is 1.92. The van der Waals surface area contributed by atoms with Crippen molar-refractivity contribution in [3.05, 3.63) is 69.7 Å². The van der Waals surface area contributed by atoms with Gasteiger partial charge >= 0.3 is 0 Å². The lowest BCUT2D eigenvalue weighted by Crippen LogP contribution is -2.22. The molecular formula is C18H17Cl2NO. The Morgan fingerprint density at radius 2 is 1.73 bits per heavy atom. The zero-order valence-corrected chi connectivity index (χ0v) is 13.8. The van der Waals surface area contributed by atoms with Crippen LogP contribution in [0.2, 0.25) is 10.0 Å². The van der Waals surface area contributed by atoms with E-state index >= 15 is 0 Å². The van der Waals surface area contributed by atoms with Crippen LogP contribution in [-0.2, 0) is 0 Å². The van der Waals surface area contributed by atoms with E-state index in [4.69, 9.17) is 23.2 Å². The van der Waals surface area contributed by atoms with Gasteiger partial charge in [-0.3, -0.25) is 4.79 Å². The molecule has 2 atom stereocenters. The number of hydrogen-bond acceptors (Lipinski definition) is 2. The number of carbonyl (C=O) groups is 1. The first-order chi connectivity index (χ1) is 10.6. The average molecular weight is 334 g/mol. The highest BCUT2D eigenvalue weighted by Crippen LogP contribution is 2.35. The molecular weight excluding hydrogens is 317 g/mol. The minimum atomic E-state index is -0.0777. The van der Waals surface area contributed by atoms with Crippen molar-refractivity contribution in [1.29, 1.82) is 0 Å². The molecule has 1 heterocycles. The SMILES string of the molecule is CN1C[C@H](c2ccc(Cl)cc2)[C@H](C(=O)c2ccccc2Cl)C1. The van der Waals surface area contributed by atoms with E-state index in [0.717, 1.165) is 18.7 Å². The molecule has 1 aliphatic heterocycles. The Hall–Kier alpha value is -1.35. The maximum atomic E-state index is 12.9. The number of likely N-dealkylation sites (tertiary alicyclic amines) is 1. The molecule has 0 aliphatic carbocycles. The molecule has 2 nitrogen and oxygen atoms in total. The van der Waals surface area contributed by atoms with E-state index < -0.39 is 0 Å². The van der Waals surface area contributed by atoms with Crippen LogP contribution in [0.15, 0.2) is 48.5 Å². The maximum absolute atomic E-state index is 12.9. The van der Waals surface area contributed by atoms with Crippen molar-refractivity contribution >= 4 is 29.0 Å². The highest BCUT2D eigenvalue weighted by Gasteiger charge is 2.37. The number of hydrogen-bond donors (Lipinski definition) is 0. The van der Waals surface area contributed by atoms with Crippen LogP contribution in [0.25, 0.3) is 0 Å². The molecule has 2 aromatic rings. The van der Waals surface area contributed by atoms with Crippen LogP contribution in [0.3, 0.4) is 0 Å². The number of halogens is 2. The lowest BCUT2D eigenvalue weighted by Gasteiger charge is -2.18. The Morgan fingerprint density at radius 1 is 1.05 bits per heavy atom. The van der Waals surface area contributed by atoms with Gasteiger partial charge in [0.05, 0.1) is 5.02 Å². The highest BCUT2D eigenvalue weighted by atomic mass is 35.5. The number of ketones is 1. The summed E-state index contributed by atoms with van der Waals surface area (Å²) in [6.07, 6.45) is 0. The second kappa shape index (κ2) is 6.41. The molecule has 0 bridgehead atoms. The molecule has 0 N–H and O–H groups in total. The number of benzene rings is 2. The van der Waals surface area contributed by atoms with E-state index in [1.165, 1.54) is 0 Å². The Bertz CT molecular complexity index is 684. The topological polar surface area (TPSA) is 20.3 Å². The lowest BCUT2D eigenvalue weighted by atomic mass is 9.84. The molecule has 0 saturated carbocycles. The molecule has 0 amide bonds. The van der Waals surface area contributed by atoms with Gasteiger partial charge in [-0.25, -0.2) is 0 Å². The van der Waals surface area contributed by atoms with E-state index in [-0.39, 0.29) is 17.6 Å². The quantitative estimate of drug-likeness (QED) is 0.769. The minimum Gasteiger partial charge on any atom is -0.305 e. The first kappa shape index (κ1) is 15.5. The van der Waals surface area contributed by atoms with Gasteiger partial charge in [0.15, 0.2) is 5.78 Å². The van der Waals surface area contributed by atoms with Gasteiger partial charge in [0.25, 0.3) is 0 Å². The third kappa shape index (κ3) is 3.05. The van der Waals surface area contributed by atoms with Crippen molar-refractivity contribution in [2.24, 2.45) is 5.92 Å². The Morgan fingerprint density at radius 3 is 2.41 bits per heavy atom. The van der Waals surface area contributed by atoms with Crippen LogP contribution in [0.5, 0.6) is 0 Å². The Labute approximate surface area is 140 Å². The fraction of sp³-hybridized carbons (Fsp3) is 0.278. The summed E-state index contributed by atoms with van der Waals surface area (Å²) in [6, 6.07) is 15.1. The molecule has 1 saturated heterocycles. The van der Waals surface area contributed by atoms with Crippen molar-refractivity contribution < 1.29 is 4.79 Å². The average Bonchev–Trinajstić information content (AvgIpc) is 2.90. The smallest absolute Gasteiger partial charge is 0.169 e. The first-order valence-electron chi connectivity index (χ1n) is 7.29. The molecule has 2 aromatic carbocycles. The molecule has 114 valence electrons. The van der Waals surface area contributed by atoms with Gasteiger partial charge < -0.3 is 4.90 Å². The van der Waals surface area contributed by atoms with Crippen LogP contribution in [0.1, 0.15) is 21.8 Å². The summed E-state index contributed by atoms with van der Waals surface area (Å²) in [7, 11) is 2.04. The van der Waals surface area contributed by atoms with Crippen molar-refractivity contribution in [2.75, 3.05) is 20.1 Å². The van der Waals surface area contributed by atoms with Crippen molar-refractivity contribution in [3.63, 3.8) is 0 Å². The van der Waals surface area contributed by atoms with Gasteiger partial charge in [-0.2, -0.15) is 0 Å². The second-order valence-electron chi connectivity index (χ2n) is 5.83. The molecule has 0 aromatic heterocycles. The van der Waals surface area contributed by atoms with Gasteiger partial charge in [-0.1, -0.05) is 47.5 Å². The third-order valence-corrected chi connectivity index (χ3v) is 4.86. The van der Waals surface area contributed by atoms with Crippen LogP contribution < -0.4 is 0 Å². The molecule has 1 fully saturated rings. The number of rotatable bonds is 3. The van der Waals surface area contributed by atoms with Gasteiger partial charge in [0.1, 0.15) is 0 Å². The summed E-state index contributed by atoms with van der Waals surface area (Å²) >= 11 is 12.2. The van der Waals surface area contributed by atoms with Gasteiger partial charge in [0.2, 0.25) is 0 Å². The van der Waals surface area contributed by atoms with Gasteiger partial charge in [-0.05, 0) is 36.9 Å². The van der Waals surface area contributed by atoms with Crippen LogP contribution in [0, 0.1) is 5.92 Å². The molecule has 4 heteroatoms. The van der Waals surface area contributed by atoms with Crippen molar-refractivity contribution in [3.8, 4) is 0 Å². The molecule has 0 spiro atoms. The largest absolute Gasteiger partial charge is 0.305 e. The lowest BCUT2D eigenvalue weighted by molar-refractivity contribution is 0.0916. The monoisotopic (exact) mass is 333 g/mol. The number of Topliss-reactive ketones (excluding diaryl/α,β-unsaturated/α-hetero) is 1. The zero-order valence-electron chi connectivity index (χ0n) is 12.3. The van der Waals surface area contributed by atoms with Crippen molar-refractivity contribution in [2.45, 2.75) is 5.92 Å². The van der Waals surface area contributed by atoms with Crippen LogP contribution >= 0.6 is 23.2 Å². The molecule has 0 unspecified atom stereocenters. The number of likely N-dealkylation sites (N-methyl/N-ethyl adjacent to an activating group) is 1. The molecule has 22 heavy (non-hydrogen) atoms. The zero-order chi connectivity index (χ0) is 15.7. The fourth-order valence-corrected chi connectivity index (χ4v) is 3.53. The summed E-state index contributed by atoms with van der Waals surface area (Å²) in [6.45, 7) is 1.61. The summed E-state index contributed by atoms with van der Waals surface area (Å²) in [5, 5.41) is 1.24. The Kier molecular flexibility index (Phi) is 4.53. The van der Waals surface area contributed by atoms with Crippen molar-refractivity contribution in [1.82, 2.24) is 4.90 Å². The number of carbonyl (C=O) groups excluding carboxylic acids is 1. The van der Waals surface area contributed by atoms with E-state index in [2.05, 4.69) is 4.90 Å². The summed E-state index contributed by atoms with van der Waals surface area (Å²) in [5.74, 6) is 0.215. The molecule has 0 radical (unpaired) electrons. The fourth-order valence-electron chi connectivity index (χ4n) is 3.17. The van der Waals surface area contributed by atoms with E-state index in [9.17, 15) is 4.79 Å². The summed E-state index contributed by atoms with van der Waals surface area (Å²) in [5.41, 5.74) is 1.77. The van der Waals surface area contributed by atoms with Crippen LogP contribution in [0.4, 0.5) is 0 Å². The third-order valence-electron chi connectivity index (χ3n) is 4.28. The van der Waals surface area contributed by atoms with Gasteiger partial charge in [0, 0.05) is 35.5 Å². The molecule has 3 rings (SSSR count). The predicted octanol–water partition coefficient (Wildman–Crippen LogP) is 4.52. The number of nitrogens with zero attached hydrogens (tertiary/aromatic N) is 1. The van der Waals surface area contributed by atoms with Gasteiger partial charge in [-0.15, -0.1) is 0 Å². The summed E-state index contributed by atoms with van der Waals surface area (Å²) in [4.78, 5) is 15.1. The van der Waals surface area contributed by atoms with Crippen LogP contribution in [-0.4, -0.2) is 30.8 Å². The first-order valence-corrected chi connectivity index (χ1v) is 8.04. The summed E-state index contributed by atoms with van der Waals surface area (Å²) < 4.78 is 0. The van der Waals surface area contributed by atoms with E-state index in [0.29, 0.717) is 15.6 Å². The van der Waals surface area contributed by atoms with E-state index in [1.807, 2.05) is 49.5 Å². The standard InChI is InChI=1S/C18H17Cl2NO/c1-21-10-15(12-6-8-13(19)9-7-12)16(11-21)18(22)14-4-2-3-5-17(14)20/h2-9,15-16H,10-11H2,1H3/t15-,16-/m1/s1. The predicted molar refractivity (Wildman–Crippen MR) is 91.0 cm³/mol. The minimum absolute atomic E-state index is 0.0777. The van der Waals surface area contributed by atoms with E-state index in [1.54, 1.807) is 6.07 Å².